The van der Waals surface area contributed by atoms with Gasteiger partial charge in [-0.15, -0.1) is 0 Å². The van der Waals surface area contributed by atoms with Crippen LogP contribution in [0.15, 0.2) is 48.5 Å². The maximum atomic E-state index is 4.93. The summed E-state index contributed by atoms with van der Waals surface area (Å²) in [4.78, 5) is 0. The fourth-order valence-corrected chi connectivity index (χ4v) is 1.75. The summed E-state index contributed by atoms with van der Waals surface area (Å²) < 4.78 is 0. The van der Waals surface area contributed by atoms with Gasteiger partial charge in [0.25, 0.3) is 0 Å². The van der Waals surface area contributed by atoms with Crippen LogP contribution in [0.3, 0.4) is 0 Å². The van der Waals surface area contributed by atoms with Crippen LogP contribution in [-0.4, -0.2) is 0 Å². The van der Waals surface area contributed by atoms with E-state index in [2.05, 4.69) is 90.1 Å². The van der Waals surface area contributed by atoms with Gasteiger partial charge in [-0.05, 0) is 0 Å². The first kappa shape index (κ1) is 21.2. The van der Waals surface area contributed by atoms with Crippen LogP contribution in [0.1, 0.15) is 52.7 Å². The van der Waals surface area contributed by atoms with Crippen LogP contribution in [0.5, 0.6) is 0 Å². The molecule has 0 amide bonds. The molecular weight excluding hydrogens is 378 g/mol. The van der Waals surface area contributed by atoms with Crippen LogP contribution in [0.2, 0.25) is 0 Å². The zero-order chi connectivity index (χ0) is 16.5. The predicted octanol–water partition coefficient (Wildman–Crippen LogP) is 6.78. The van der Waals surface area contributed by atoms with Gasteiger partial charge in [0.15, 0.2) is 0 Å². The molecule has 0 bridgehead atoms. The summed E-state index contributed by atoms with van der Waals surface area (Å²) in [7, 11) is 9.87. The quantitative estimate of drug-likeness (QED) is 0.425. The summed E-state index contributed by atoms with van der Waals surface area (Å²) in [5, 5.41) is 0. The monoisotopic (exact) mass is 402 g/mol. The Bertz CT molecular complexity index is 398. The van der Waals surface area contributed by atoms with Gasteiger partial charge in [0.05, 0.1) is 0 Å². The molecule has 0 radical (unpaired) electrons. The molecule has 2 aromatic carbocycles. The Morgan fingerprint density at radius 1 is 0.762 bits per heavy atom. The van der Waals surface area contributed by atoms with E-state index in [0.717, 1.165) is 0 Å². The third kappa shape index (κ3) is 9.72. The first-order valence-electron chi connectivity index (χ1n) is 7.03. The zero-order valence-electron chi connectivity index (χ0n) is 13.9. The summed E-state index contributed by atoms with van der Waals surface area (Å²) in [6.07, 6.45) is 0. The van der Waals surface area contributed by atoms with E-state index in [4.69, 9.17) is 17.0 Å². The molecule has 0 aliphatic carbocycles. The van der Waals surface area contributed by atoms with Crippen LogP contribution < -0.4 is 0 Å². The number of rotatable bonds is 0. The molecule has 0 saturated heterocycles. The normalized spacial score (nSPS) is 10.7. The van der Waals surface area contributed by atoms with E-state index in [1.165, 1.54) is 11.1 Å². The van der Waals surface area contributed by atoms with Gasteiger partial charge in [-0.1, -0.05) is 52.4 Å². The van der Waals surface area contributed by atoms with Gasteiger partial charge in [-0.2, -0.15) is 47.5 Å². The Labute approximate surface area is 149 Å². The fraction of sp³-hybridized carbons (Fsp3) is 0.444. The summed E-state index contributed by atoms with van der Waals surface area (Å²) >= 11 is -0.826. The van der Waals surface area contributed by atoms with Gasteiger partial charge in [0.2, 0.25) is 0 Å². The van der Waals surface area contributed by atoms with E-state index in [1.807, 2.05) is 0 Å². The van der Waals surface area contributed by atoms with Crippen molar-refractivity contribution in [1.82, 2.24) is 0 Å². The SMILES string of the molecule is CC(C)(C)c1cc[cH-]c1.CC(C)(C)c1cc[cH-]c1.[Cl][Zr+2][Cl]. The van der Waals surface area contributed by atoms with Crippen molar-refractivity contribution in [3.8, 4) is 0 Å². The van der Waals surface area contributed by atoms with Crippen molar-refractivity contribution in [3.05, 3.63) is 59.7 Å². The van der Waals surface area contributed by atoms with Crippen molar-refractivity contribution < 1.29 is 20.8 Å². The second-order valence-electron chi connectivity index (χ2n) is 6.92. The molecule has 21 heavy (non-hydrogen) atoms. The Morgan fingerprint density at radius 2 is 1.05 bits per heavy atom. The first-order valence-corrected chi connectivity index (χ1v) is 13.4. The van der Waals surface area contributed by atoms with Gasteiger partial charge in [0, 0.05) is 0 Å². The first-order chi connectivity index (χ1) is 9.62. The van der Waals surface area contributed by atoms with Crippen LogP contribution in [0, 0.1) is 0 Å². The zero-order valence-corrected chi connectivity index (χ0v) is 17.8. The number of hydrogen-bond donors (Lipinski definition) is 0. The molecule has 116 valence electrons. The van der Waals surface area contributed by atoms with Crippen molar-refractivity contribution in [2.24, 2.45) is 0 Å². The second kappa shape index (κ2) is 10.0. The van der Waals surface area contributed by atoms with E-state index in [0.29, 0.717) is 10.8 Å². The van der Waals surface area contributed by atoms with Crippen LogP contribution in [0.4, 0.5) is 0 Å². The average molecular weight is 405 g/mol. The average Bonchev–Trinajstić information content (AvgIpc) is 3.03. The molecule has 0 spiro atoms. The van der Waals surface area contributed by atoms with E-state index < -0.39 is 20.8 Å². The standard InChI is InChI=1S/2C9H13.2ClH.Zr/c2*1-9(2,3)8-6-4-5-7-8;;;/h2*4-7H,1-3H3;2*1H;/q2*-1;;;+4/p-2. The second-order valence-corrected chi connectivity index (χ2v) is 10.7. The van der Waals surface area contributed by atoms with Gasteiger partial charge in [-0.3, -0.25) is 0 Å². The van der Waals surface area contributed by atoms with E-state index in [9.17, 15) is 0 Å². The third-order valence-electron chi connectivity index (χ3n) is 3.06. The maximum absolute atomic E-state index is 4.93. The summed E-state index contributed by atoms with van der Waals surface area (Å²) in [6.45, 7) is 13.3. The molecule has 0 heterocycles. The summed E-state index contributed by atoms with van der Waals surface area (Å²) in [6, 6.07) is 17.0. The third-order valence-corrected chi connectivity index (χ3v) is 3.06. The Morgan fingerprint density at radius 3 is 1.14 bits per heavy atom. The number of hydrogen-bond acceptors (Lipinski definition) is 0. The molecule has 2 rings (SSSR count). The van der Waals surface area contributed by atoms with Crippen LogP contribution >= 0.6 is 17.0 Å². The summed E-state index contributed by atoms with van der Waals surface area (Å²) in [5.41, 5.74) is 3.48. The molecule has 0 fully saturated rings. The summed E-state index contributed by atoms with van der Waals surface area (Å²) in [5.74, 6) is 0. The molecule has 0 aliphatic rings. The molecule has 0 unspecified atom stereocenters. The Kier molecular flexibility index (Phi) is 10.1. The Balaban J connectivity index is 0.000000322. The van der Waals surface area contributed by atoms with Crippen LogP contribution in [0.25, 0.3) is 0 Å². The fourth-order valence-electron chi connectivity index (χ4n) is 1.75. The van der Waals surface area contributed by atoms with Crippen molar-refractivity contribution in [3.63, 3.8) is 0 Å². The predicted molar refractivity (Wildman–Crippen MR) is 93.2 cm³/mol. The molecule has 2 aromatic rings. The van der Waals surface area contributed by atoms with E-state index in [1.54, 1.807) is 0 Å². The molecule has 0 nitrogen and oxygen atoms in total. The van der Waals surface area contributed by atoms with E-state index >= 15 is 0 Å². The molecule has 0 atom stereocenters. The molecule has 0 saturated carbocycles. The van der Waals surface area contributed by atoms with E-state index in [-0.39, 0.29) is 0 Å². The van der Waals surface area contributed by atoms with Crippen molar-refractivity contribution >= 4 is 17.0 Å². The Hall–Kier alpha value is 0.163. The van der Waals surface area contributed by atoms with Gasteiger partial charge in [0.1, 0.15) is 0 Å². The topological polar surface area (TPSA) is 0 Å². The van der Waals surface area contributed by atoms with Gasteiger partial charge in [-0.25, -0.2) is 12.1 Å². The number of halogens is 2. The van der Waals surface area contributed by atoms with Crippen molar-refractivity contribution in [2.75, 3.05) is 0 Å². The van der Waals surface area contributed by atoms with Gasteiger partial charge < -0.3 is 0 Å². The molecule has 0 aromatic heterocycles. The van der Waals surface area contributed by atoms with Crippen molar-refractivity contribution in [2.45, 2.75) is 52.4 Å². The molecular formula is C18H26Cl2Zr. The van der Waals surface area contributed by atoms with Gasteiger partial charge >= 0.3 is 37.9 Å². The molecule has 3 heteroatoms. The molecule has 0 N–H and O–H groups in total. The molecule has 0 aliphatic heterocycles. The van der Waals surface area contributed by atoms with Crippen molar-refractivity contribution in [1.29, 1.82) is 0 Å². The minimum atomic E-state index is -0.826. The minimum absolute atomic E-state index is 0.323. The van der Waals surface area contributed by atoms with Crippen LogP contribution in [-0.2, 0) is 31.7 Å².